The number of aryl methyl sites for hydroxylation is 1. The third kappa shape index (κ3) is 5.20. The quantitative estimate of drug-likeness (QED) is 0.443. The highest BCUT2D eigenvalue weighted by Crippen LogP contribution is 2.25. The van der Waals surface area contributed by atoms with Crippen molar-refractivity contribution in [1.82, 2.24) is 4.90 Å². The fraction of sp³-hybridized carbons (Fsp3) is 0.273. The lowest BCUT2D eigenvalue weighted by atomic mass is 9.97. The first-order valence-electron chi connectivity index (χ1n) is 9.03. The van der Waals surface area contributed by atoms with Crippen LogP contribution in [0.25, 0.3) is 6.08 Å². The monoisotopic (exact) mass is 383 g/mol. The summed E-state index contributed by atoms with van der Waals surface area (Å²) in [6.45, 7) is 2.96. The van der Waals surface area contributed by atoms with Gasteiger partial charge in [0.15, 0.2) is 0 Å². The molecule has 3 rings (SSSR count). The van der Waals surface area contributed by atoms with Crippen molar-refractivity contribution in [1.29, 1.82) is 0 Å². The molecule has 1 amide bonds. The molecule has 1 heterocycles. The van der Waals surface area contributed by atoms with Crippen LogP contribution in [0, 0.1) is 12.8 Å². The molecule has 0 atom stereocenters. The zero-order valence-electron chi connectivity index (χ0n) is 15.2. The number of hydrogen-bond donors (Lipinski definition) is 0. The molecule has 0 aromatic heterocycles. The van der Waals surface area contributed by atoms with E-state index in [4.69, 9.17) is 16.3 Å². The van der Waals surface area contributed by atoms with Crippen molar-refractivity contribution < 1.29 is 14.3 Å². The van der Waals surface area contributed by atoms with Gasteiger partial charge < -0.3 is 9.64 Å². The van der Waals surface area contributed by atoms with E-state index in [1.165, 1.54) is 0 Å². The lowest BCUT2D eigenvalue weighted by Gasteiger charge is -2.30. The van der Waals surface area contributed by atoms with Crippen LogP contribution in [0.5, 0.6) is 5.75 Å². The zero-order valence-corrected chi connectivity index (χ0v) is 16.0. The Kier molecular flexibility index (Phi) is 6.30. The van der Waals surface area contributed by atoms with Crippen molar-refractivity contribution in [3.8, 4) is 5.75 Å². The molecule has 1 aliphatic rings. The van der Waals surface area contributed by atoms with E-state index in [2.05, 4.69) is 0 Å². The highest BCUT2D eigenvalue weighted by molar-refractivity contribution is 6.30. The smallest absolute Gasteiger partial charge is 0.314 e. The van der Waals surface area contributed by atoms with Crippen LogP contribution < -0.4 is 4.74 Å². The van der Waals surface area contributed by atoms with Gasteiger partial charge in [-0.3, -0.25) is 9.59 Å². The number of benzene rings is 2. The normalized spacial score (nSPS) is 15.1. The topological polar surface area (TPSA) is 46.6 Å². The summed E-state index contributed by atoms with van der Waals surface area (Å²) in [7, 11) is 0. The first-order valence-corrected chi connectivity index (χ1v) is 9.40. The van der Waals surface area contributed by atoms with E-state index >= 15 is 0 Å². The molecular weight excluding hydrogens is 362 g/mol. The molecule has 27 heavy (non-hydrogen) atoms. The fourth-order valence-corrected chi connectivity index (χ4v) is 3.32. The minimum Gasteiger partial charge on any atom is -0.426 e. The Morgan fingerprint density at radius 1 is 1.11 bits per heavy atom. The molecule has 1 fully saturated rings. The van der Waals surface area contributed by atoms with E-state index in [1.54, 1.807) is 29.2 Å². The van der Waals surface area contributed by atoms with Gasteiger partial charge in [0.1, 0.15) is 5.75 Å². The van der Waals surface area contributed by atoms with Crippen LogP contribution in [0.2, 0.25) is 5.02 Å². The van der Waals surface area contributed by atoms with E-state index in [1.807, 2.05) is 43.3 Å². The maximum absolute atomic E-state index is 12.4. The number of piperidine rings is 1. The molecule has 5 heteroatoms. The molecule has 0 aliphatic carbocycles. The second-order valence-corrected chi connectivity index (χ2v) is 7.11. The van der Waals surface area contributed by atoms with Crippen LogP contribution in [0.3, 0.4) is 0 Å². The second kappa shape index (κ2) is 8.87. The number of halogens is 1. The van der Waals surface area contributed by atoms with Crippen LogP contribution in [0.1, 0.15) is 24.0 Å². The summed E-state index contributed by atoms with van der Waals surface area (Å²) in [6.07, 6.45) is 4.61. The van der Waals surface area contributed by atoms with Gasteiger partial charge in [-0.15, -0.1) is 0 Å². The van der Waals surface area contributed by atoms with Gasteiger partial charge >= 0.3 is 5.97 Å². The Hall–Kier alpha value is -2.59. The number of carbonyl (C=O) groups is 2. The molecular formula is C22H22ClNO3. The predicted octanol–water partition coefficient (Wildman–Crippen LogP) is 4.51. The molecule has 0 N–H and O–H groups in total. The Labute approximate surface area is 164 Å². The first kappa shape index (κ1) is 19.2. The SMILES string of the molecule is Cc1cc(Cl)ccc1OC(=O)C1CCN(C(=O)/C=C/c2ccccc2)CC1. The summed E-state index contributed by atoms with van der Waals surface area (Å²) < 4.78 is 5.53. The summed E-state index contributed by atoms with van der Waals surface area (Å²) in [4.78, 5) is 26.5. The van der Waals surface area contributed by atoms with E-state index in [9.17, 15) is 9.59 Å². The summed E-state index contributed by atoms with van der Waals surface area (Å²) in [6, 6.07) is 14.9. The van der Waals surface area contributed by atoms with Gasteiger partial charge in [-0.25, -0.2) is 0 Å². The Balaban J connectivity index is 1.51. The number of amides is 1. The Morgan fingerprint density at radius 2 is 1.81 bits per heavy atom. The zero-order chi connectivity index (χ0) is 19.2. The largest absolute Gasteiger partial charge is 0.426 e. The maximum Gasteiger partial charge on any atom is 0.314 e. The summed E-state index contributed by atoms with van der Waals surface area (Å²) >= 11 is 5.93. The third-order valence-corrected chi connectivity index (χ3v) is 4.94. The molecule has 0 bridgehead atoms. The molecule has 140 valence electrons. The van der Waals surface area contributed by atoms with Gasteiger partial charge in [-0.05, 0) is 55.2 Å². The molecule has 4 nitrogen and oxygen atoms in total. The fourth-order valence-electron chi connectivity index (χ4n) is 3.09. The van der Waals surface area contributed by atoms with Gasteiger partial charge in [0.25, 0.3) is 0 Å². The van der Waals surface area contributed by atoms with Crippen molar-refractivity contribution >= 4 is 29.6 Å². The van der Waals surface area contributed by atoms with E-state index in [0.29, 0.717) is 36.7 Å². The average Bonchev–Trinajstić information content (AvgIpc) is 2.69. The van der Waals surface area contributed by atoms with E-state index in [-0.39, 0.29) is 17.8 Å². The van der Waals surface area contributed by atoms with Crippen LogP contribution >= 0.6 is 11.6 Å². The van der Waals surface area contributed by atoms with Crippen LogP contribution in [0.15, 0.2) is 54.6 Å². The van der Waals surface area contributed by atoms with Gasteiger partial charge in [-0.1, -0.05) is 41.9 Å². The summed E-state index contributed by atoms with van der Waals surface area (Å²) in [5.74, 6) is 0.0718. The molecule has 2 aromatic carbocycles. The van der Waals surface area contributed by atoms with Crippen molar-refractivity contribution in [2.45, 2.75) is 19.8 Å². The van der Waals surface area contributed by atoms with Crippen LogP contribution in [0.4, 0.5) is 0 Å². The average molecular weight is 384 g/mol. The standard InChI is InChI=1S/C22H22ClNO3/c1-16-15-19(23)8-9-20(16)27-22(26)18-11-13-24(14-12-18)21(25)10-7-17-5-3-2-4-6-17/h2-10,15,18H,11-14H2,1H3/b10-7+. The number of likely N-dealkylation sites (tertiary alicyclic amines) is 1. The number of ether oxygens (including phenoxy) is 1. The van der Waals surface area contributed by atoms with Gasteiger partial charge in [0.05, 0.1) is 5.92 Å². The van der Waals surface area contributed by atoms with Gasteiger partial charge in [-0.2, -0.15) is 0 Å². The number of nitrogens with zero attached hydrogens (tertiary/aromatic N) is 1. The first-order chi connectivity index (χ1) is 13.0. The van der Waals surface area contributed by atoms with Crippen molar-refractivity contribution in [2.75, 3.05) is 13.1 Å². The molecule has 1 saturated heterocycles. The highest BCUT2D eigenvalue weighted by Gasteiger charge is 2.28. The summed E-state index contributed by atoms with van der Waals surface area (Å²) in [5, 5.41) is 0.614. The molecule has 0 spiro atoms. The van der Waals surface area contributed by atoms with Crippen molar-refractivity contribution in [2.24, 2.45) is 5.92 Å². The minimum atomic E-state index is -0.243. The van der Waals surface area contributed by atoms with E-state index in [0.717, 1.165) is 11.1 Å². The molecule has 1 aliphatic heterocycles. The van der Waals surface area contributed by atoms with Crippen LogP contribution in [-0.2, 0) is 9.59 Å². The second-order valence-electron chi connectivity index (χ2n) is 6.67. The lowest BCUT2D eigenvalue weighted by molar-refractivity contribution is -0.142. The predicted molar refractivity (Wildman–Crippen MR) is 107 cm³/mol. The van der Waals surface area contributed by atoms with Crippen molar-refractivity contribution in [3.05, 3.63) is 70.8 Å². The number of hydrogen-bond acceptors (Lipinski definition) is 3. The number of carbonyl (C=O) groups excluding carboxylic acids is 2. The Morgan fingerprint density at radius 3 is 2.48 bits per heavy atom. The molecule has 0 radical (unpaired) electrons. The molecule has 0 unspecified atom stereocenters. The minimum absolute atomic E-state index is 0.0285. The molecule has 0 saturated carbocycles. The lowest BCUT2D eigenvalue weighted by Crippen LogP contribution is -2.40. The van der Waals surface area contributed by atoms with Gasteiger partial charge in [0, 0.05) is 24.2 Å². The number of rotatable bonds is 4. The van der Waals surface area contributed by atoms with Crippen molar-refractivity contribution in [3.63, 3.8) is 0 Å². The molecule has 2 aromatic rings. The number of esters is 1. The van der Waals surface area contributed by atoms with Gasteiger partial charge in [0.2, 0.25) is 5.91 Å². The maximum atomic E-state index is 12.4. The van der Waals surface area contributed by atoms with E-state index < -0.39 is 0 Å². The highest BCUT2D eigenvalue weighted by atomic mass is 35.5. The third-order valence-electron chi connectivity index (χ3n) is 4.71. The van der Waals surface area contributed by atoms with Crippen LogP contribution in [-0.4, -0.2) is 29.9 Å². The summed E-state index contributed by atoms with van der Waals surface area (Å²) in [5.41, 5.74) is 1.82. The Bertz CT molecular complexity index is 840.